The van der Waals surface area contributed by atoms with Gasteiger partial charge in [-0.25, -0.2) is 9.80 Å². The summed E-state index contributed by atoms with van der Waals surface area (Å²) < 4.78 is 0. The summed E-state index contributed by atoms with van der Waals surface area (Å²) >= 11 is 12.8. The summed E-state index contributed by atoms with van der Waals surface area (Å²) in [5.74, 6) is -4.65. The number of carbonyl (C=O) groups is 4. The molecule has 0 spiro atoms. The number of carbonyl (C=O) groups excluding carboxylic acids is 4. The number of rotatable bonds is 3. The number of aryl methyl sites for hydroxylation is 2. The molecule has 0 radical (unpaired) electrons. The minimum Gasteiger partial charge on any atom is -0.274 e. The molecule has 0 N–H and O–H groups in total. The van der Waals surface area contributed by atoms with Crippen molar-refractivity contribution in [1.82, 2.24) is 0 Å². The zero-order valence-electron chi connectivity index (χ0n) is 24.0. The van der Waals surface area contributed by atoms with Gasteiger partial charge in [-0.15, -0.1) is 0 Å². The van der Waals surface area contributed by atoms with E-state index in [1.54, 1.807) is 24.3 Å². The maximum Gasteiger partial charge on any atom is 0.238 e. The van der Waals surface area contributed by atoms with Crippen molar-refractivity contribution in [3.05, 3.63) is 111 Å². The van der Waals surface area contributed by atoms with Gasteiger partial charge in [-0.3, -0.25) is 19.2 Å². The van der Waals surface area contributed by atoms with Gasteiger partial charge in [0.05, 0.1) is 35.0 Å². The van der Waals surface area contributed by atoms with Crippen LogP contribution in [0.1, 0.15) is 23.1 Å². The molecule has 2 aliphatic heterocycles. The number of benzene rings is 3. The lowest BCUT2D eigenvalue weighted by Crippen LogP contribution is -2.51. The Kier molecular flexibility index (Phi) is 6.10. The average Bonchev–Trinajstić information content (AvgIpc) is 3.45. The Balaban J connectivity index is 1.28. The number of amides is 4. The molecule has 2 bridgehead atoms. The minimum atomic E-state index is -0.644. The molecule has 220 valence electrons. The number of halogens is 2. The molecule has 0 aromatic heterocycles. The molecule has 2 saturated heterocycles. The Morgan fingerprint density at radius 2 is 1.20 bits per heavy atom. The third kappa shape index (κ3) is 3.67. The summed E-state index contributed by atoms with van der Waals surface area (Å²) in [4.78, 5) is 59.4. The summed E-state index contributed by atoms with van der Waals surface area (Å²) in [7, 11) is 0. The van der Waals surface area contributed by atoms with Gasteiger partial charge in [-0.1, -0.05) is 83.4 Å². The first-order valence-corrected chi connectivity index (χ1v) is 15.7. The van der Waals surface area contributed by atoms with E-state index in [0.717, 1.165) is 27.8 Å². The van der Waals surface area contributed by atoms with Crippen molar-refractivity contribution < 1.29 is 19.2 Å². The van der Waals surface area contributed by atoms with E-state index in [1.165, 1.54) is 9.80 Å². The molecule has 9 rings (SSSR count). The first kappa shape index (κ1) is 27.5. The smallest absolute Gasteiger partial charge is 0.238 e. The highest BCUT2D eigenvalue weighted by atomic mass is 35.5. The van der Waals surface area contributed by atoms with E-state index >= 15 is 0 Å². The second-order valence-corrected chi connectivity index (χ2v) is 13.4. The van der Waals surface area contributed by atoms with Gasteiger partial charge >= 0.3 is 0 Å². The predicted octanol–water partition coefficient (Wildman–Crippen LogP) is 6.81. The lowest BCUT2D eigenvalue weighted by Gasteiger charge is -2.51. The molecule has 4 amide bonds. The molecule has 1 saturated carbocycles. The molecule has 8 heteroatoms. The number of anilines is 2. The second-order valence-electron chi connectivity index (χ2n) is 12.6. The molecule has 0 unspecified atom stereocenters. The molecule has 6 aliphatic rings. The molecular formula is C36H28Cl2N2O4. The van der Waals surface area contributed by atoms with Gasteiger partial charge < -0.3 is 0 Å². The van der Waals surface area contributed by atoms with Crippen LogP contribution in [0.25, 0.3) is 5.57 Å². The highest BCUT2D eigenvalue weighted by Crippen LogP contribution is 2.63. The molecule has 3 aromatic rings. The second kappa shape index (κ2) is 9.75. The molecule has 3 aromatic carbocycles. The third-order valence-corrected chi connectivity index (χ3v) is 11.3. The van der Waals surface area contributed by atoms with E-state index in [4.69, 9.17) is 23.2 Å². The number of hydrogen-bond donors (Lipinski definition) is 0. The van der Waals surface area contributed by atoms with Gasteiger partial charge in [0.2, 0.25) is 23.6 Å². The van der Waals surface area contributed by atoms with E-state index < -0.39 is 29.6 Å². The molecule has 6 nitrogen and oxygen atoms in total. The normalized spacial score (nSPS) is 30.3. The fourth-order valence-corrected chi connectivity index (χ4v) is 8.82. The highest BCUT2D eigenvalue weighted by Gasteiger charge is 2.67. The quantitative estimate of drug-likeness (QED) is 0.237. The van der Waals surface area contributed by atoms with Crippen LogP contribution < -0.4 is 9.80 Å². The fourth-order valence-electron chi connectivity index (χ4n) is 8.47. The first-order valence-electron chi connectivity index (χ1n) is 14.9. The van der Waals surface area contributed by atoms with Crippen LogP contribution in [0.4, 0.5) is 11.4 Å². The van der Waals surface area contributed by atoms with Crippen LogP contribution in [0.5, 0.6) is 0 Å². The Bertz CT molecular complexity index is 1880. The van der Waals surface area contributed by atoms with Gasteiger partial charge in [0.25, 0.3) is 0 Å². The van der Waals surface area contributed by atoms with Crippen molar-refractivity contribution in [3.8, 4) is 0 Å². The van der Waals surface area contributed by atoms with Crippen LogP contribution >= 0.6 is 23.2 Å². The summed E-state index contributed by atoms with van der Waals surface area (Å²) in [6.07, 6.45) is 4.45. The highest BCUT2D eigenvalue weighted by molar-refractivity contribution is 6.33. The van der Waals surface area contributed by atoms with Crippen molar-refractivity contribution in [2.45, 2.75) is 20.3 Å². The van der Waals surface area contributed by atoms with E-state index in [1.807, 2.05) is 62.4 Å². The van der Waals surface area contributed by atoms with Gasteiger partial charge in [0.1, 0.15) is 0 Å². The van der Waals surface area contributed by atoms with Crippen molar-refractivity contribution in [2.24, 2.45) is 41.4 Å². The van der Waals surface area contributed by atoms with Gasteiger partial charge in [-0.05, 0) is 72.7 Å². The Morgan fingerprint density at radius 1 is 0.636 bits per heavy atom. The number of imide groups is 2. The molecule has 4 aliphatic carbocycles. The van der Waals surface area contributed by atoms with Crippen LogP contribution in [-0.4, -0.2) is 23.6 Å². The number of hydrogen-bond acceptors (Lipinski definition) is 4. The summed E-state index contributed by atoms with van der Waals surface area (Å²) in [5.41, 5.74) is 5.60. The Hall–Kier alpha value is -4.00. The molecule has 3 fully saturated rings. The Labute approximate surface area is 264 Å². The van der Waals surface area contributed by atoms with Crippen LogP contribution in [0, 0.1) is 55.3 Å². The number of nitrogens with zero attached hydrogens (tertiary/aromatic N) is 2. The monoisotopic (exact) mass is 622 g/mol. The van der Waals surface area contributed by atoms with Gasteiger partial charge in [-0.2, -0.15) is 0 Å². The first-order chi connectivity index (χ1) is 21.2. The lowest BCUT2D eigenvalue weighted by molar-refractivity contribution is -0.129. The SMILES string of the molecule is Cc1ccc(N2C(=O)[C@H]3[C@@H]4C=C[C@H](C5=C(c6ccccc6)C[C@H]6C(=O)N(c7ccc(C)c(Cl)c7)C(=O)[C@H]6[C@H]54)[C@H]3C2=O)cc1Cl. The third-order valence-electron chi connectivity index (χ3n) is 10.5. The van der Waals surface area contributed by atoms with Gasteiger partial charge in [0.15, 0.2) is 0 Å². The summed E-state index contributed by atoms with van der Waals surface area (Å²) in [5, 5.41) is 0.964. The van der Waals surface area contributed by atoms with Crippen LogP contribution in [0.15, 0.2) is 84.5 Å². The number of allylic oxidation sites excluding steroid dienone is 4. The summed E-state index contributed by atoms with van der Waals surface area (Å²) in [6.45, 7) is 3.74. The van der Waals surface area contributed by atoms with Crippen LogP contribution in [0.3, 0.4) is 0 Å². The molecular weight excluding hydrogens is 595 g/mol. The van der Waals surface area contributed by atoms with E-state index in [0.29, 0.717) is 27.8 Å². The molecule has 2 heterocycles. The zero-order valence-corrected chi connectivity index (χ0v) is 25.5. The Morgan fingerprint density at radius 3 is 1.82 bits per heavy atom. The molecule has 7 atom stereocenters. The summed E-state index contributed by atoms with van der Waals surface area (Å²) in [6, 6.07) is 20.4. The van der Waals surface area contributed by atoms with E-state index in [9.17, 15) is 19.2 Å². The fraction of sp³-hybridized carbons (Fsp3) is 0.278. The van der Waals surface area contributed by atoms with Crippen molar-refractivity contribution in [2.75, 3.05) is 9.80 Å². The van der Waals surface area contributed by atoms with Crippen LogP contribution in [-0.2, 0) is 19.2 Å². The lowest BCUT2D eigenvalue weighted by atomic mass is 9.49. The minimum absolute atomic E-state index is 0.246. The zero-order chi connectivity index (χ0) is 30.6. The molecule has 44 heavy (non-hydrogen) atoms. The predicted molar refractivity (Wildman–Crippen MR) is 169 cm³/mol. The topological polar surface area (TPSA) is 74.8 Å². The standard InChI is InChI=1S/C36H28Cl2N2O4/c1-17-8-10-20(14-26(17)37)39-33(41)25-16-24(19-6-4-3-5-7-19)28-22-12-13-23(29(28)32(25)36(39)44)31-30(22)34(42)40(35(31)43)21-11-9-18(2)27(38)15-21/h3-15,22-23,25,29-32H,16H2,1-2H3/t22-,23-,25-,29+,30-,31+,32-/m1/s1. The maximum absolute atomic E-state index is 14.4. The van der Waals surface area contributed by atoms with Crippen molar-refractivity contribution >= 4 is 63.8 Å². The van der Waals surface area contributed by atoms with Crippen molar-refractivity contribution in [3.63, 3.8) is 0 Å². The van der Waals surface area contributed by atoms with E-state index in [-0.39, 0.29) is 35.5 Å². The maximum atomic E-state index is 14.4. The number of fused-ring (bicyclic) bond motifs is 1. The van der Waals surface area contributed by atoms with E-state index in [2.05, 4.69) is 6.08 Å². The van der Waals surface area contributed by atoms with Crippen LogP contribution in [0.2, 0.25) is 10.0 Å². The van der Waals surface area contributed by atoms with Crippen molar-refractivity contribution in [1.29, 1.82) is 0 Å². The largest absolute Gasteiger partial charge is 0.274 e. The average molecular weight is 624 g/mol. The van der Waals surface area contributed by atoms with Gasteiger partial charge in [0, 0.05) is 21.9 Å².